The minimum atomic E-state index is 0.236. The molecule has 0 bridgehead atoms. The predicted molar refractivity (Wildman–Crippen MR) is 57.4 cm³/mol. The van der Waals surface area contributed by atoms with Gasteiger partial charge in [-0.05, 0) is 35.7 Å². The Morgan fingerprint density at radius 2 is 2.23 bits per heavy atom. The smallest absolute Gasteiger partial charge is 0.0471 e. The summed E-state index contributed by atoms with van der Waals surface area (Å²) < 4.78 is 1.31. The highest BCUT2D eigenvalue weighted by atomic mass is 32.1. The van der Waals surface area contributed by atoms with Gasteiger partial charge in [0, 0.05) is 11.3 Å². The Morgan fingerprint density at radius 3 is 3.00 bits per heavy atom. The van der Waals surface area contributed by atoms with E-state index in [9.17, 15) is 0 Å². The average molecular weight is 192 g/mol. The van der Waals surface area contributed by atoms with Crippen molar-refractivity contribution in [2.24, 2.45) is 0 Å². The molecule has 0 amide bonds. The topological polar surface area (TPSA) is 20.2 Å². The second-order valence-corrected chi connectivity index (χ2v) is 4.15. The number of rotatable bonds is 2. The lowest BCUT2D eigenvalue weighted by Crippen LogP contribution is -1.88. The van der Waals surface area contributed by atoms with Crippen LogP contribution in [-0.2, 0) is 6.42 Å². The van der Waals surface area contributed by atoms with Crippen LogP contribution < -0.4 is 0 Å². The van der Waals surface area contributed by atoms with Crippen molar-refractivity contribution in [2.75, 3.05) is 6.61 Å². The van der Waals surface area contributed by atoms with Crippen LogP contribution in [-0.4, -0.2) is 11.7 Å². The quantitative estimate of drug-likeness (QED) is 0.775. The third-order valence-corrected chi connectivity index (χ3v) is 3.20. The van der Waals surface area contributed by atoms with Gasteiger partial charge in [-0.25, -0.2) is 0 Å². The van der Waals surface area contributed by atoms with Crippen LogP contribution in [0.4, 0.5) is 0 Å². The second kappa shape index (κ2) is 3.48. The first-order valence-electron chi connectivity index (χ1n) is 4.39. The third kappa shape index (κ3) is 1.60. The fraction of sp³-hybridized carbons (Fsp3) is 0.273. The fourth-order valence-electron chi connectivity index (χ4n) is 1.51. The molecule has 0 unspecified atom stereocenters. The summed E-state index contributed by atoms with van der Waals surface area (Å²) in [4.78, 5) is 0. The number of fused-ring (bicyclic) bond motifs is 1. The maximum atomic E-state index is 8.87. The standard InChI is InChI=1S/C11H12OS/c1-8-2-3-11-10(6-8)9(4-5-12)7-13-11/h2-3,6-7,12H,4-5H2,1H3. The lowest BCUT2D eigenvalue weighted by Gasteiger charge is -1.96. The predicted octanol–water partition coefficient (Wildman–Crippen LogP) is 2.74. The molecule has 1 N–H and O–H groups in total. The molecular formula is C11H12OS. The molecule has 2 rings (SSSR count). The van der Waals surface area contributed by atoms with E-state index in [4.69, 9.17) is 5.11 Å². The maximum Gasteiger partial charge on any atom is 0.0471 e. The first-order chi connectivity index (χ1) is 6.31. The highest BCUT2D eigenvalue weighted by Crippen LogP contribution is 2.26. The Labute approximate surface area is 81.6 Å². The minimum Gasteiger partial charge on any atom is -0.396 e. The van der Waals surface area contributed by atoms with E-state index in [2.05, 4.69) is 30.5 Å². The summed E-state index contributed by atoms with van der Waals surface area (Å²) in [7, 11) is 0. The van der Waals surface area contributed by atoms with Gasteiger partial charge >= 0.3 is 0 Å². The summed E-state index contributed by atoms with van der Waals surface area (Å²) in [6.07, 6.45) is 0.767. The lowest BCUT2D eigenvalue weighted by atomic mass is 10.1. The molecule has 0 spiro atoms. The van der Waals surface area contributed by atoms with E-state index >= 15 is 0 Å². The molecule has 13 heavy (non-hydrogen) atoms. The molecule has 0 radical (unpaired) electrons. The Balaban J connectivity index is 2.58. The van der Waals surface area contributed by atoms with Crippen LogP contribution in [0.5, 0.6) is 0 Å². The lowest BCUT2D eigenvalue weighted by molar-refractivity contribution is 0.300. The van der Waals surface area contributed by atoms with Crippen LogP contribution in [0.3, 0.4) is 0 Å². The van der Waals surface area contributed by atoms with Gasteiger partial charge in [0.15, 0.2) is 0 Å². The number of aliphatic hydroxyl groups is 1. The molecule has 0 saturated carbocycles. The van der Waals surface area contributed by atoms with Crippen LogP contribution in [0.25, 0.3) is 10.1 Å². The summed E-state index contributed by atoms with van der Waals surface area (Å²) >= 11 is 1.75. The SMILES string of the molecule is Cc1ccc2scc(CCO)c2c1. The van der Waals surface area contributed by atoms with Gasteiger partial charge in [0.1, 0.15) is 0 Å². The first kappa shape index (κ1) is 8.73. The molecule has 1 heterocycles. The third-order valence-electron chi connectivity index (χ3n) is 2.19. The molecule has 0 saturated heterocycles. The highest BCUT2D eigenvalue weighted by molar-refractivity contribution is 7.17. The van der Waals surface area contributed by atoms with E-state index in [1.165, 1.54) is 21.2 Å². The number of hydrogen-bond acceptors (Lipinski definition) is 2. The summed E-state index contributed by atoms with van der Waals surface area (Å²) in [6.45, 7) is 2.33. The minimum absolute atomic E-state index is 0.236. The molecule has 0 aliphatic rings. The monoisotopic (exact) mass is 192 g/mol. The van der Waals surface area contributed by atoms with Gasteiger partial charge in [-0.15, -0.1) is 11.3 Å². The van der Waals surface area contributed by atoms with Gasteiger partial charge in [-0.2, -0.15) is 0 Å². The zero-order valence-corrected chi connectivity index (χ0v) is 8.40. The van der Waals surface area contributed by atoms with Crippen molar-refractivity contribution in [1.82, 2.24) is 0 Å². The van der Waals surface area contributed by atoms with Gasteiger partial charge in [0.2, 0.25) is 0 Å². The number of hydrogen-bond donors (Lipinski definition) is 1. The largest absolute Gasteiger partial charge is 0.396 e. The van der Waals surface area contributed by atoms with Gasteiger partial charge in [0.25, 0.3) is 0 Å². The Morgan fingerprint density at radius 1 is 1.38 bits per heavy atom. The van der Waals surface area contributed by atoms with Gasteiger partial charge < -0.3 is 5.11 Å². The highest BCUT2D eigenvalue weighted by Gasteiger charge is 2.02. The summed E-state index contributed by atoms with van der Waals surface area (Å²) in [5.41, 5.74) is 2.55. The van der Waals surface area contributed by atoms with Crippen molar-refractivity contribution in [3.05, 3.63) is 34.7 Å². The van der Waals surface area contributed by atoms with Gasteiger partial charge in [0.05, 0.1) is 0 Å². The molecule has 2 aromatic rings. The molecule has 0 aliphatic heterocycles. The van der Waals surface area contributed by atoms with Gasteiger partial charge in [-0.3, -0.25) is 0 Å². The average Bonchev–Trinajstić information content (AvgIpc) is 2.49. The van der Waals surface area contributed by atoms with Crippen molar-refractivity contribution in [1.29, 1.82) is 0 Å². The molecule has 1 nitrogen and oxygen atoms in total. The molecule has 1 aromatic carbocycles. The van der Waals surface area contributed by atoms with Crippen LogP contribution in [0.15, 0.2) is 23.6 Å². The summed E-state index contributed by atoms with van der Waals surface area (Å²) in [5, 5.41) is 12.3. The number of aryl methyl sites for hydroxylation is 1. The summed E-state index contributed by atoms with van der Waals surface area (Å²) in [5.74, 6) is 0. The van der Waals surface area contributed by atoms with Crippen molar-refractivity contribution in [2.45, 2.75) is 13.3 Å². The molecule has 2 heteroatoms. The zero-order chi connectivity index (χ0) is 9.26. The first-order valence-corrected chi connectivity index (χ1v) is 5.27. The van der Waals surface area contributed by atoms with E-state index in [1.807, 2.05) is 0 Å². The van der Waals surface area contributed by atoms with E-state index in [0.29, 0.717) is 0 Å². The normalized spacial score (nSPS) is 10.9. The Hall–Kier alpha value is -0.860. The van der Waals surface area contributed by atoms with E-state index < -0.39 is 0 Å². The molecule has 68 valence electrons. The van der Waals surface area contributed by atoms with Crippen LogP contribution in [0, 0.1) is 6.92 Å². The Kier molecular flexibility index (Phi) is 2.34. The van der Waals surface area contributed by atoms with Crippen LogP contribution in [0.1, 0.15) is 11.1 Å². The zero-order valence-electron chi connectivity index (χ0n) is 7.58. The molecule has 0 fully saturated rings. The maximum absolute atomic E-state index is 8.87. The van der Waals surface area contributed by atoms with Crippen molar-refractivity contribution >= 4 is 21.4 Å². The number of aliphatic hydroxyl groups excluding tert-OH is 1. The molecule has 0 aliphatic carbocycles. The number of thiophene rings is 1. The van der Waals surface area contributed by atoms with Gasteiger partial charge in [-0.1, -0.05) is 17.7 Å². The molecule has 0 atom stereocenters. The fourth-order valence-corrected chi connectivity index (χ4v) is 2.49. The molecular weight excluding hydrogens is 180 g/mol. The number of benzene rings is 1. The summed E-state index contributed by atoms with van der Waals surface area (Å²) in [6, 6.07) is 6.47. The van der Waals surface area contributed by atoms with E-state index in [1.54, 1.807) is 11.3 Å². The van der Waals surface area contributed by atoms with E-state index in [0.717, 1.165) is 6.42 Å². The Bertz CT molecular complexity index is 417. The molecule has 1 aromatic heterocycles. The van der Waals surface area contributed by atoms with Crippen LogP contribution >= 0.6 is 11.3 Å². The second-order valence-electron chi connectivity index (χ2n) is 3.23. The van der Waals surface area contributed by atoms with Crippen molar-refractivity contribution in [3.8, 4) is 0 Å². The van der Waals surface area contributed by atoms with Crippen molar-refractivity contribution < 1.29 is 5.11 Å². The van der Waals surface area contributed by atoms with Crippen molar-refractivity contribution in [3.63, 3.8) is 0 Å². The van der Waals surface area contributed by atoms with Crippen LogP contribution in [0.2, 0.25) is 0 Å². The van der Waals surface area contributed by atoms with E-state index in [-0.39, 0.29) is 6.61 Å².